The summed E-state index contributed by atoms with van der Waals surface area (Å²) in [6, 6.07) is 5.67. The summed E-state index contributed by atoms with van der Waals surface area (Å²) in [7, 11) is 1.66. The molecule has 0 aliphatic carbocycles. The van der Waals surface area contributed by atoms with Gasteiger partial charge < -0.3 is 19.7 Å². The first-order valence-corrected chi connectivity index (χ1v) is 8.99. The molecule has 1 N–H and O–H groups in total. The van der Waals surface area contributed by atoms with Crippen molar-refractivity contribution in [2.75, 3.05) is 40.0 Å². The Morgan fingerprint density at radius 3 is 2.88 bits per heavy atom. The maximum Gasteiger partial charge on any atom is 0.194 e. The Balaban J connectivity index is 0.00000312. The Labute approximate surface area is 173 Å². The molecule has 0 radical (unpaired) electrons. The average molecular weight is 482 g/mol. The molecule has 5 nitrogen and oxygen atoms in total. The van der Waals surface area contributed by atoms with Crippen molar-refractivity contribution in [1.82, 2.24) is 10.2 Å². The number of hydrogen-bond acceptors (Lipinski definition) is 3. The Bertz CT molecular complexity index is 557. The Hall–Kier alpha value is -0.730. The van der Waals surface area contributed by atoms with E-state index < -0.39 is 0 Å². The fourth-order valence-corrected chi connectivity index (χ4v) is 3.04. The fraction of sp³-hybridized carbons (Fsp3) is 0.611. The summed E-state index contributed by atoms with van der Waals surface area (Å²) in [5.74, 6) is 2.31. The van der Waals surface area contributed by atoms with E-state index in [0.717, 1.165) is 56.5 Å². The largest absolute Gasteiger partial charge is 0.496 e. The molecule has 2 rings (SSSR count). The summed E-state index contributed by atoms with van der Waals surface area (Å²) in [6.07, 6.45) is 1.15. The van der Waals surface area contributed by atoms with Gasteiger partial charge in [-0.25, -0.2) is 4.99 Å². The molecule has 0 saturated carbocycles. The summed E-state index contributed by atoms with van der Waals surface area (Å²) in [6.45, 7) is 9.16. The molecular weight excluding hydrogens is 453 g/mol. The van der Waals surface area contributed by atoms with Crippen molar-refractivity contribution in [1.29, 1.82) is 0 Å². The van der Waals surface area contributed by atoms with Gasteiger partial charge in [0.05, 0.1) is 20.3 Å². The third-order valence-electron chi connectivity index (χ3n) is 4.13. The van der Waals surface area contributed by atoms with Gasteiger partial charge in [-0.2, -0.15) is 0 Å². The van der Waals surface area contributed by atoms with E-state index in [4.69, 9.17) is 26.1 Å². The second-order valence-electron chi connectivity index (χ2n) is 5.89. The molecule has 7 heteroatoms. The van der Waals surface area contributed by atoms with Crippen LogP contribution in [0.1, 0.15) is 25.8 Å². The highest BCUT2D eigenvalue weighted by molar-refractivity contribution is 14.0. The van der Waals surface area contributed by atoms with Crippen LogP contribution in [0.15, 0.2) is 23.2 Å². The van der Waals surface area contributed by atoms with Crippen LogP contribution in [0.2, 0.25) is 5.02 Å². The maximum atomic E-state index is 6.02. The van der Waals surface area contributed by atoms with Gasteiger partial charge >= 0.3 is 0 Å². The zero-order valence-corrected chi connectivity index (χ0v) is 18.3. The first-order chi connectivity index (χ1) is 11.7. The van der Waals surface area contributed by atoms with E-state index in [0.29, 0.717) is 17.5 Å². The highest BCUT2D eigenvalue weighted by Gasteiger charge is 2.24. The van der Waals surface area contributed by atoms with E-state index in [1.54, 1.807) is 7.11 Å². The number of rotatable bonds is 7. The predicted molar refractivity (Wildman–Crippen MR) is 114 cm³/mol. The quantitative estimate of drug-likeness (QED) is 0.366. The van der Waals surface area contributed by atoms with Gasteiger partial charge in [0.25, 0.3) is 0 Å². The van der Waals surface area contributed by atoms with Crippen LogP contribution in [0, 0.1) is 5.92 Å². The fourth-order valence-electron chi connectivity index (χ4n) is 2.88. The van der Waals surface area contributed by atoms with Crippen LogP contribution in [0.5, 0.6) is 5.75 Å². The van der Waals surface area contributed by atoms with Gasteiger partial charge in [0, 0.05) is 42.7 Å². The lowest BCUT2D eigenvalue weighted by molar-refractivity contribution is 0.114. The minimum Gasteiger partial charge on any atom is -0.496 e. The van der Waals surface area contributed by atoms with Crippen molar-refractivity contribution < 1.29 is 9.47 Å². The van der Waals surface area contributed by atoms with Crippen LogP contribution in [0.4, 0.5) is 0 Å². The molecule has 1 atom stereocenters. The second-order valence-corrected chi connectivity index (χ2v) is 6.32. The van der Waals surface area contributed by atoms with E-state index in [1.165, 1.54) is 0 Å². The van der Waals surface area contributed by atoms with Crippen molar-refractivity contribution in [2.24, 2.45) is 10.9 Å². The molecule has 0 aromatic heterocycles. The molecule has 1 saturated heterocycles. The van der Waals surface area contributed by atoms with Crippen LogP contribution in [-0.2, 0) is 11.3 Å². The van der Waals surface area contributed by atoms with Gasteiger partial charge in [0.15, 0.2) is 5.96 Å². The number of benzene rings is 1. The van der Waals surface area contributed by atoms with Crippen LogP contribution in [0.25, 0.3) is 0 Å². The topological polar surface area (TPSA) is 46.1 Å². The standard InChI is InChI=1S/C18H28ClN3O2.HI/c1-4-20-18(22-9-8-14(12-22)13-24-5-2)21-11-15-6-7-16(19)10-17(15)23-3;/h6-7,10,14H,4-5,8-9,11-13H2,1-3H3,(H,20,21);1H. The highest BCUT2D eigenvalue weighted by Crippen LogP contribution is 2.24. The van der Waals surface area contributed by atoms with Crippen molar-refractivity contribution in [3.05, 3.63) is 28.8 Å². The molecule has 0 spiro atoms. The zero-order chi connectivity index (χ0) is 17.4. The Morgan fingerprint density at radius 1 is 1.40 bits per heavy atom. The minimum atomic E-state index is 0. The lowest BCUT2D eigenvalue weighted by Gasteiger charge is -2.22. The normalized spacial score (nSPS) is 17.4. The minimum absolute atomic E-state index is 0. The number of nitrogens with one attached hydrogen (secondary N) is 1. The molecule has 1 aromatic rings. The van der Waals surface area contributed by atoms with E-state index >= 15 is 0 Å². The molecule has 1 fully saturated rings. The number of nitrogens with zero attached hydrogens (tertiary/aromatic N) is 2. The highest BCUT2D eigenvalue weighted by atomic mass is 127. The molecule has 1 aromatic carbocycles. The number of likely N-dealkylation sites (tertiary alicyclic amines) is 1. The summed E-state index contributed by atoms with van der Waals surface area (Å²) in [5.41, 5.74) is 1.03. The lowest BCUT2D eigenvalue weighted by atomic mass is 10.1. The first-order valence-electron chi connectivity index (χ1n) is 8.61. The van der Waals surface area contributed by atoms with Crippen LogP contribution >= 0.6 is 35.6 Å². The molecule has 1 heterocycles. The molecule has 0 bridgehead atoms. The van der Waals surface area contributed by atoms with Gasteiger partial charge in [0.1, 0.15) is 5.75 Å². The Kier molecular flexibility index (Phi) is 10.5. The van der Waals surface area contributed by atoms with Crippen molar-refractivity contribution in [3.63, 3.8) is 0 Å². The van der Waals surface area contributed by atoms with Gasteiger partial charge in [-0.3, -0.25) is 0 Å². The zero-order valence-electron chi connectivity index (χ0n) is 15.3. The third kappa shape index (κ3) is 6.83. The average Bonchev–Trinajstić information content (AvgIpc) is 3.06. The van der Waals surface area contributed by atoms with E-state index in [-0.39, 0.29) is 24.0 Å². The van der Waals surface area contributed by atoms with Gasteiger partial charge in [0.2, 0.25) is 0 Å². The maximum absolute atomic E-state index is 6.02. The van der Waals surface area contributed by atoms with Crippen LogP contribution in [-0.4, -0.2) is 50.8 Å². The summed E-state index contributed by atoms with van der Waals surface area (Å²) < 4.78 is 11.0. The molecule has 142 valence electrons. The van der Waals surface area contributed by atoms with Crippen LogP contribution < -0.4 is 10.1 Å². The molecule has 25 heavy (non-hydrogen) atoms. The van der Waals surface area contributed by atoms with Crippen molar-refractivity contribution in [3.8, 4) is 5.75 Å². The first kappa shape index (κ1) is 22.3. The van der Waals surface area contributed by atoms with E-state index in [2.05, 4.69) is 17.1 Å². The number of halogens is 2. The smallest absolute Gasteiger partial charge is 0.194 e. The Morgan fingerprint density at radius 2 is 2.20 bits per heavy atom. The molecule has 0 amide bonds. The van der Waals surface area contributed by atoms with Gasteiger partial charge in [-0.15, -0.1) is 24.0 Å². The number of guanidine groups is 1. The molecular formula is C18H29ClIN3O2. The molecule has 1 unspecified atom stereocenters. The van der Waals surface area contributed by atoms with E-state index in [1.807, 2.05) is 25.1 Å². The van der Waals surface area contributed by atoms with Gasteiger partial charge in [-0.05, 0) is 32.4 Å². The van der Waals surface area contributed by atoms with E-state index in [9.17, 15) is 0 Å². The number of hydrogen-bond donors (Lipinski definition) is 1. The van der Waals surface area contributed by atoms with Crippen LogP contribution in [0.3, 0.4) is 0 Å². The SMILES string of the molecule is CCNC(=NCc1ccc(Cl)cc1OC)N1CCC(COCC)C1.I. The van der Waals surface area contributed by atoms with Crippen molar-refractivity contribution in [2.45, 2.75) is 26.8 Å². The van der Waals surface area contributed by atoms with Crippen molar-refractivity contribution >= 4 is 41.5 Å². The van der Waals surface area contributed by atoms with Gasteiger partial charge in [-0.1, -0.05) is 17.7 Å². The second kappa shape index (κ2) is 11.8. The number of methoxy groups -OCH3 is 1. The number of ether oxygens (including phenoxy) is 2. The third-order valence-corrected chi connectivity index (χ3v) is 4.36. The molecule has 1 aliphatic heterocycles. The monoisotopic (exact) mass is 481 g/mol. The number of aliphatic imine (C=N–C) groups is 1. The lowest BCUT2D eigenvalue weighted by Crippen LogP contribution is -2.40. The predicted octanol–water partition coefficient (Wildman–Crippen LogP) is 3.79. The summed E-state index contributed by atoms with van der Waals surface area (Å²) in [4.78, 5) is 7.10. The summed E-state index contributed by atoms with van der Waals surface area (Å²) in [5, 5.41) is 4.06. The molecule has 1 aliphatic rings. The summed E-state index contributed by atoms with van der Waals surface area (Å²) >= 11 is 6.02.